The fourth-order valence-corrected chi connectivity index (χ4v) is 3.07. The summed E-state index contributed by atoms with van der Waals surface area (Å²) in [5.74, 6) is 1.80. The average molecular weight is 326 g/mol. The highest BCUT2D eigenvalue weighted by molar-refractivity contribution is 7.99. The van der Waals surface area contributed by atoms with E-state index in [0.717, 1.165) is 35.2 Å². The van der Waals surface area contributed by atoms with Gasteiger partial charge in [0, 0.05) is 5.75 Å². The van der Waals surface area contributed by atoms with Crippen LogP contribution in [-0.4, -0.2) is 33.1 Å². The molecular weight excluding hydrogens is 308 g/mol. The summed E-state index contributed by atoms with van der Waals surface area (Å²) in [5.41, 5.74) is 2.30. The Kier molecular flexibility index (Phi) is 5.26. The van der Waals surface area contributed by atoms with Gasteiger partial charge in [0.1, 0.15) is 5.75 Å². The van der Waals surface area contributed by atoms with Gasteiger partial charge in [-0.3, -0.25) is 0 Å². The van der Waals surface area contributed by atoms with Crippen molar-refractivity contribution in [3.8, 4) is 11.4 Å². The highest BCUT2D eigenvalue weighted by Gasteiger charge is 2.08. The lowest BCUT2D eigenvalue weighted by Gasteiger charge is -2.05. The summed E-state index contributed by atoms with van der Waals surface area (Å²) in [5, 5.41) is 12.8. The summed E-state index contributed by atoms with van der Waals surface area (Å²) in [4.78, 5) is 0. The van der Waals surface area contributed by atoms with Crippen molar-refractivity contribution >= 4 is 11.8 Å². The lowest BCUT2D eigenvalue weighted by molar-refractivity contribution is 0.414. The molecule has 0 bridgehead atoms. The third-order valence-electron chi connectivity index (χ3n) is 3.44. The number of hydrogen-bond donors (Lipinski definition) is 0. The van der Waals surface area contributed by atoms with Gasteiger partial charge >= 0.3 is 0 Å². The van der Waals surface area contributed by atoms with Gasteiger partial charge in [-0.15, -0.1) is 5.10 Å². The van der Waals surface area contributed by atoms with Gasteiger partial charge in [-0.05, 0) is 53.1 Å². The Bertz CT molecular complexity index is 728. The normalized spacial score (nSPS) is 10.7. The number of methoxy groups -OCH3 is 1. The number of ether oxygens (including phenoxy) is 1. The Morgan fingerprint density at radius 3 is 2.57 bits per heavy atom. The minimum absolute atomic E-state index is 0.809. The largest absolute Gasteiger partial charge is 0.497 e. The molecule has 118 valence electrons. The van der Waals surface area contributed by atoms with Crippen molar-refractivity contribution < 1.29 is 4.74 Å². The van der Waals surface area contributed by atoms with Gasteiger partial charge in [-0.1, -0.05) is 42.1 Å². The molecule has 0 aliphatic heterocycles. The van der Waals surface area contributed by atoms with Crippen molar-refractivity contribution in [2.75, 3.05) is 12.9 Å². The molecule has 0 radical (unpaired) electrons. The molecule has 3 rings (SSSR count). The molecule has 2 aromatic carbocycles. The van der Waals surface area contributed by atoms with Gasteiger partial charge in [0.2, 0.25) is 5.16 Å². The van der Waals surface area contributed by atoms with Gasteiger partial charge in [0.25, 0.3) is 0 Å². The van der Waals surface area contributed by atoms with Crippen molar-refractivity contribution in [3.63, 3.8) is 0 Å². The molecule has 6 heteroatoms. The molecule has 0 atom stereocenters. The first-order chi connectivity index (χ1) is 11.4. The number of aromatic nitrogens is 4. The molecule has 0 aliphatic rings. The molecule has 1 heterocycles. The zero-order valence-electron chi connectivity index (χ0n) is 12.9. The fraction of sp³-hybridized carbons (Fsp3) is 0.235. The maximum Gasteiger partial charge on any atom is 0.214 e. The molecule has 5 nitrogen and oxygen atoms in total. The zero-order chi connectivity index (χ0) is 15.9. The molecule has 0 unspecified atom stereocenters. The maximum absolute atomic E-state index is 5.17. The van der Waals surface area contributed by atoms with Crippen LogP contribution in [0.3, 0.4) is 0 Å². The molecular formula is C17H18N4OS. The van der Waals surface area contributed by atoms with E-state index in [1.165, 1.54) is 5.56 Å². The van der Waals surface area contributed by atoms with E-state index in [0.29, 0.717) is 0 Å². The van der Waals surface area contributed by atoms with Gasteiger partial charge in [0.15, 0.2) is 0 Å². The van der Waals surface area contributed by atoms with E-state index >= 15 is 0 Å². The average Bonchev–Trinajstić information content (AvgIpc) is 3.08. The van der Waals surface area contributed by atoms with Crippen LogP contribution in [-0.2, 0) is 6.42 Å². The van der Waals surface area contributed by atoms with Crippen molar-refractivity contribution in [2.45, 2.75) is 18.0 Å². The number of hydrogen-bond acceptors (Lipinski definition) is 5. The van der Waals surface area contributed by atoms with Crippen LogP contribution in [0.5, 0.6) is 5.75 Å². The van der Waals surface area contributed by atoms with E-state index in [9.17, 15) is 0 Å². The third-order valence-corrected chi connectivity index (χ3v) is 4.45. The topological polar surface area (TPSA) is 52.8 Å². The molecule has 1 aromatic heterocycles. The highest BCUT2D eigenvalue weighted by atomic mass is 32.2. The Balaban J connectivity index is 1.57. The Morgan fingerprint density at radius 2 is 1.83 bits per heavy atom. The van der Waals surface area contributed by atoms with Crippen molar-refractivity contribution in [2.24, 2.45) is 0 Å². The fourth-order valence-electron chi connectivity index (χ4n) is 2.24. The van der Waals surface area contributed by atoms with Crippen LogP contribution in [0.4, 0.5) is 0 Å². The molecule has 0 amide bonds. The van der Waals surface area contributed by atoms with Crippen LogP contribution in [0.1, 0.15) is 12.0 Å². The van der Waals surface area contributed by atoms with Gasteiger partial charge in [-0.25, -0.2) is 0 Å². The monoisotopic (exact) mass is 326 g/mol. The van der Waals surface area contributed by atoms with Gasteiger partial charge in [-0.2, -0.15) is 4.68 Å². The SMILES string of the molecule is COc1ccc(-n2nnnc2SCCCc2ccccc2)cc1. The first kappa shape index (κ1) is 15.6. The van der Waals surface area contributed by atoms with E-state index in [1.54, 1.807) is 23.6 Å². The summed E-state index contributed by atoms with van der Waals surface area (Å²) in [6.45, 7) is 0. The second-order valence-electron chi connectivity index (χ2n) is 5.01. The summed E-state index contributed by atoms with van der Waals surface area (Å²) in [7, 11) is 1.65. The lowest BCUT2D eigenvalue weighted by atomic mass is 10.1. The number of nitrogens with zero attached hydrogens (tertiary/aromatic N) is 4. The second kappa shape index (κ2) is 7.78. The lowest BCUT2D eigenvalue weighted by Crippen LogP contribution is -1.99. The molecule has 3 aromatic rings. The Morgan fingerprint density at radius 1 is 1.04 bits per heavy atom. The van der Waals surface area contributed by atoms with Gasteiger partial charge < -0.3 is 4.74 Å². The summed E-state index contributed by atoms with van der Waals surface area (Å²) in [6, 6.07) is 18.2. The Hall–Kier alpha value is -2.34. The van der Waals surface area contributed by atoms with Crippen LogP contribution in [0.2, 0.25) is 0 Å². The van der Waals surface area contributed by atoms with Gasteiger partial charge in [0.05, 0.1) is 12.8 Å². The van der Waals surface area contributed by atoms with E-state index in [1.807, 2.05) is 30.3 Å². The first-order valence-corrected chi connectivity index (χ1v) is 8.45. The maximum atomic E-state index is 5.17. The van der Waals surface area contributed by atoms with Crippen molar-refractivity contribution in [1.29, 1.82) is 0 Å². The molecule has 0 aliphatic carbocycles. The Labute approximate surface area is 139 Å². The quantitative estimate of drug-likeness (QED) is 0.492. The molecule has 0 saturated heterocycles. The summed E-state index contributed by atoms with van der Waals surface area (Å²) < 4.78 is 6.93. The molecule has 0 saturated carbocycles. The number of aryl methyl sites for hydroxylation is 1. The minimum Gasteiger partial charge on any atom is -0.497 e. The van der Waals surface area contributed by atoms with E-state index < -0.39 is 0 Å². The van der Waals surface area contributed by atoms with E-state index in [4.69, 9.17) is 4.74 Å². The zero-order valence-corrected chi connectivity index (χ0v) is 13.7. The standard InChI is InChI=1S/C17H18N4OS/c1-22-16-11-9-15(10-12-16)21-17(18-19-20-21)23-13-5-8-14-6-3-2-4-7-14/h2-4,6-7,9-12H,5,8,13H2,1H3. The smallest absolute Gasteiger partial charge is 0.214 e. The first-order valence-electron chi connectivity index (χ1n) is 7.46. The summed E-state index contributed by atoms with van der Waals surface area (Å²) >= 11 is 1.67. The van der Waals surface area contributed by atoms with Crippen LogP contribution in [0.15, 0.2) is 59.8 Å². The third kappa shape index (κ3) is 4.10. The molecule has 0 N–H and O–H groups in total. The number of rotatable bonds is 7. The van der Waals surface area contributed by atoms with Crippen LogP contribution < -0.4 is 4.74 Å². The predicted octanol–water partition coefficient (Wildman–Crippen LogP) is 3.40. The van der Waals surface area contributed by atoms with Crippen molar-refractivity contribution in [3.05, 3.63) is 60.2 Å². The highest BCUT2D eigenvalue weighted by Crippen LogP contribution is 2.21. The van der Waals surface area contributed by atoms with E-state index in [-0.39, 0.29) is 0 Å². The molecule has 23 heavy (non-hydrogen) atoms. The van der Waals surface area contributed by atoms with E-state index in [2.05, 4.69) is 39.8 Å². The summed E-state index contributed by atoms with van der Waals surface area (Å²) in [6.07, 6.45) is 2.15. The van der Waals surface area contributed by atoms with Crippen molar-refractivity contribution in [1.82, 2.24) is 20.2 Å². The van der Waals surface area contributed by atoms with Crippen LogP contribution >= 0.6 is 11.8 Å². The van der Waals surface area contributed by atoms with Crippen LogP contribution in [0.25, 0.3) is 5.69 Å². The van der Waals surface area contributed by atoms with Crippen LogP contribution in [0, 0.1) is 0 Å². The number of benzene rings is 2. The minimum atomic E-state index is 0.809. The second-order valence-corrected chi connectivity index (χ2v) is 6.07. The number of thioether (sulfide) groups is 1. The predicted molar refractivity (Wildman–Crippen MR) is 91.2 cm³/mol. The molecule has 0 spiro atoms. The number of tetrazole rings is 1. The molecule has 0 fully saturated rings.